The van der Waals surface area contributed by atoms with Gasteiger partial charge in [0, 0.05) is 44.4 Å². The van der Waals surface area contributed by atoms with Gasteiger partial charge in [-0.15, -0.1) is 5.10 Å². The van der Waals surface area contributed by atoms with Crippen molar-refractivity contribution in [1.82, 2.24) is 40.8 Å². The molecule has 53 heavy (non-hydrogen) atoms. The summed E-state index contributed by atoms with van der Waals surface area (Å²) < 4.78 is 7.61. The molecule has 1 aliphatic heterocycles. The highest BCUT2D eigenvalue weighted by Gasteiger charge is 2.30. The van der Waals surface area contributed by atoms with Gasteiger partial charge in [0.25, 0.3) is 11.5 Å². The summed E-state index contributed by atoms with van der Waals surface area (Å²) in [5.74, 6) is -1.42. The maximum Gasteiger partial charge on any atom is 0.261 e. The van der Waals surface area contributed by atoms with Gasteiger partial charge in [0.05, 0.1) is 18.7 Å². The number of benzene rings is 2. The third-order valence-corrected chi connectivity index (χ3v) is 9.54. The molecule has 0 saturated heterocycles. The number of nitrogens with one attached hydrogen (secondary N) is 4. The summed E-state index contributed by atoms with van der Waals surface area (Å²) >= 11 is 0. The minimum absolute atomic E-state index is 0.0284. The van der Waals surface area contributed by atoms with E-state index < -0.39 is 35.4 Å². The second-order valence-corrected chi connectivity index (χ2v) is 13.9. The summed E-state index contributed by atoms with van der Waals surface area (Å²) in [5, 5.41) is 17.1. The molecule has 6 rings (SSSR count). The van der Waals surface area contributed by atoms with Crippen LogP contribution in [0.15, 0.2) is 71.7 Å². The molecule has 4 N–H and O–H groups in total. The van der Waals surface area contributed by atoms with Gasteiger partial charge in [-0.3, -0.25) is 24.0 Å². The van der Waals surface area contributed by atoms with Crippen molar-refractivity contribution in [1.29, 1.82) is 0 Å². The number of fused-ring (bicyclic) bond motifs is 5. The van der Waals surface area contributed by atoms with Crippen LogP contribution in [-0.4, -0.2) is 86.8 Å². The van der Waals surface area contributed by atoms with Crippen LogP contribution >= 0.6 is 0 Å². The van der Waals surface area contributed by atoms with Crippen LogP contribution in [0.2, 0.25) is 0 Å². The molecule has 0 spiro atoms. The molecule has 14 nitrogen and oxygen atoms in total. The number of carbonyl (C=O) groups excluding carboxylic acids is 4. The van der Waals surface area contributed by atoms with E-state index in [1.807, 2.05) is 50.2 Å². The van der Waals surface area contributed by atoms with E-state index in [9.17, 15) is 24.0 Å². The summed E-state index contributed by atoms with van der Waals surface area (Å²) in [6.45, 7) is 4.73. The van der Waals surface area contributed by atoms with Gasteiger partial charge in [0.15, 0.2) is 0 Å². The van der Waals surface area contributed by atoms with Crippen LogP contribution < -0.4 is 26.2 Å². The van der Waals surface area contributed by atoms with Gasteiger partial charge in [0.2, 0.25) is 17.7 Å². The molecule has 278 valence electrons. The molecule has 2 atom stereocenters. The predicted octanol–water partition coefficient (Wildman–Crippen LogP) is 1.76. The maximum atomic E-state index is 13.9. The van der Waals surface area contributed by atoms with Crippen molar-refractivity contribution in [3.63, 3.8) is 0 Å². The van der Waals surface area contributed by atoms with E-state index >= 15 is 0 Å². The number of amides is 4. The molecule has 0 saturated carbocycles. The van der Waals surface area contributed by atoms with E-state index in [1.54, 1.807) is 35.1 Å². The predicted molar refractivity (Wildman–Crippen MR) is 196 cm³/mol. The quantitative estimate of drug-likeness (QED) is 0.246. The Labute approximate surface area is 307 Å². The second-order valence-electron chi connectivity index (χ2n) is 13.9. The molecule has 2 aromatic carbocycles. The zero-order valence-electron chi connectivity index (χ0n) is 30.1. The number of H-pyrrole nitrogens is 1. The molecule has 4 amide bonds. The van der Waals surface area contributed by atoms with E-state index in [4.69, 9.17) is 4.74 Å². The molecule has 1 aliphatic carbocycles. The van der Waals surface area contributed by atoms with Crippen molar-refractivity contribution in [2.45, 2.75) is 71.0 Å². The normalized spacial score (nSPS) is 19.1. The molecular weight excluding hydrogens is 676 g/mol. The van der Waals surface area contributed by atoms with Crippen LogP contribution in [0.25, 0.3) is 0 Å². The monoisotopic (exact) mass is 722 g/mol. The molecule has 4 bridgehead atoms. The van der Waals surface area contributed by atoms with Crippen molar-refractivity contribution in [3.05, 3.63) is 111 Å². The topological polar surface area (TPSA) is 180 Å². The van der Waals surface area contributed by atoms with Gasteiger partial charge in [-0.1, -0.05) is 61.5 Å². The van der Waals surface area contributed by atoms with E-state index in [-0.39, 0.29) is 49.9 Å². The third kappa shape index (κ3) is 9.76. The van der Waals surface area contributed by atoms with Crippen LogP contribution in [-0.2, 0) is 53.0 Å². The highest BCUT2D eigenvalue weighted by atomic mass is 16.5. The average Bonchev–Trinajstić information content (AvgIpc) is 3.80. The van der Waals surface area contributed by atoms with Gasteiger partial charge in [-0.05, 0) is 60.1 Å². The zero-order valence-corrected chi connectivity index (χ0v) is 30.1. The Kier molecular flexibility index (Phi) is 12.0. The standard InChI is InChI=1S/C39H46N8O6/c1-25(2)35-38(51)42-33(21-26-8-4-3-5-9-26)37(50)40-15-17-46(39(52)31-23-28-11-7-13-32(28)41-36(31)49)16-14-29-24-47(45-44-29)18-19-53-30-12-6-10-27(20-30)22-34(48)43-35/h3-6,8-10,12,20,23-25,33,35H,7,11,13-19,21-22H2,1-2H3,(H,40,50)(H,41,49)(H,42,51)(H,43,48)/t33-,35+/m0/s1. The molecule has 0 unspecified atom stereocenters. The van der Waals surface area contributed by atoms with Crippen LogP contribution in [0.5, 0.6) is 5.75 Å². The van der Waals surface area contributed by atoms with Crippen LogP contribution in [0.3, 0.4) is 0 Å². The van der Waals surface area contributed by atoms with Crippen LogP contribution in [0.1, 0.15) is 58.7 Å². The van der Waals surface area contributed by atoms with Crippen molar-refractivity contribution >= 4 is 23.6 Å². The fraction of sp³-hybridized carbons (Fsp3) is 0.410. The first-order valence-corrected chi connectivity index (χ1v) is 18.2. The lowest BCUT2D eigenvalue weighted by atomic mass is 10.0. The number of aromatic amines is 1. The van der Waals surface area contributed by atoms with Crippen LogP contribution in [0, 0.1) is 5.92 Å². The summed E-state index contributed by atoms with van der Waals surface area (Å²) in [4.78, 5) is 72.2. The smallest absolute Gasteiger partial charge is 0.261 e. The van der Waals surface area contributed by atoms with E-state index in [0.717, 1.165) is 36.1 Å². The van der Waals surface area contributed by atoms with Crippen LogP contribution in [0.4, 0.5) is 0 Å². The number of hydrogen-bond acceptors (Lipinski definition) is 8. The molecule has 4 aromatic rings. The molecule has 3 heterocycles. The Morgan fingerprint density at radius 3 is 2.57 bits per heavy atom. The zero-order chi connectivity index (χ0) is 37.3. The van der Waals surface area contributed by atoms with Crippen molar-refractivity contribution in [2.24, 2.45) is 5.92 Å². The SMILES string of the molecule is CC(C)[C@H]1NC(=O)Cc2cccc(c2)OCCn2cc(nn2)CCN(C(=O)c2cc3c([nH]c2=O)CCC3)CCNC(=O)[C@H](Cc2ccccc2)NC1=O. The lowest BCUT2D eigenvalue weighted by molar-refractivity contribution is -0.132. The van der Waals surface area contributed by atoms with Gasteiger partial charge in [-0.25, -0.2) is 4.68 Å². The van der Waals surface area contributed by atoms with Crippen molar-refractivity contribution < 1.29 is 23.9 Å². The summed E-state index contributed by atoms with van der Waals surface area (Å²) in [6.07, 6.45) is 4.84. The summed E-state index contributed by atoms with van der Waals surface area (Å²) in [7, 11) is 0. The molecule has 2 aromatic heterocycles. The van der Waals surface area contributed by atoms with Gasteiger partial charge in [0.1, 0.15) is 30.0 Å². The Morgan fingerprint density at radius 2 is 1.75 bits per heavy atom. The second kappa shape index (κ2) is 17.2. The molecule has 0 fully saturated rings. The van der Waals surface area contributed by atoms with Crippen molar-refractivity contribution in [3.8, 4) is 5.75 Å². The lowest BCUT2D eigenvalue weighted by Crippen LogP contribution is -2.56. The molecule has 0 radical (unpaired) electrons. The number of nitrogens with zero attached hydrogens (tertiary/aromatic N) is 4. The molecule has 2 aliphatic rings. The largest absolute Gasteiger partial charge is 0.492 e. The first-order chi connectivity index (χ1) is 25.6. The molecule has 14 heteroatoms. The first-order valence-electron chi connectivity index (χ1n) is 18.2. The van der Waals surface area contributed by atoms with Crippen molar-refractivity contribution in [2.75, 3.05) is 26.2 Å². The van der Waals surface area contributed by atoms with Gasteiger partial charge < -0.3 is 30.6 Å². The number of aryl methyl sites for hydroxylation is 2. The van der Waals surface area contributed by atoms with Gasteiger partial charge in [-0.2, -0.15) is 0 Å². The Balaban J connectivity index is 1.26. The lowest BCUT2D eigenvalue weighted by Gasteiger charge is -2.26. The summed E-state index contributed by atoms with van der Waals surface area (Å²) in [6, 6.07) is 16.3. The van der Waals surface area contributed by atoms with E-state index in [0.29, 0.717) is 36.6 Å². The number of carbonyl (C=O) groups is 4. The number of ether oxygens (including phenoxy) is 1. The molecular formula is C39H46N8O6. The third-order valence-electron chi connectivity index (χ3n) is 9.54. The van der Waals surface area contributed by atoms with Gasteiger partial charge >= 0.3 is 0 Å². The number of rotatable bonds is 4. The van der Waals surface area contributed by atoms with E-state index in [1.165, 1.54) is 4.90 Å². The highest BCUT2D eigenvalue weighted by Crippen LogP contribution is 2.20. The average molecular weight is 723 g/mol. The Bertz CT molecular complexity index is 1990. The minimum atomic E-state index is -0.975. The number of aromatic nitrogens is 4. The Morgan fingerprint density at radius 1 is 0.925 bits per heavy atom. The van der Waals surface area contributed by atoms with E-state index in [2.05, 4.69) is 31.2 Å². The number of hydrogen-bond donors (Lipinski definition) is 4. The minimum Gasteiger partial charge on any atom is -0.492 e. The number of pyridine rings is 1. The first kappa shape index (κ1) is 37.0. The summed E-state index contributed by atoms with van der Waals surface area (Å²) in [5.41, 5.74) is 3.63. The fourth-order valence-electron chi connectivity index (χ4n) is 6.67. The Hall–Kier alpha value is -5.79. The fourth-order valence-corrected chi connectivity index (χ4v) is 6.67. The highest BCUT2D eigenvalue weighted by molar-refractivity contribution is 5.94. The maximum absolute atomic E-state index is 13.9.